The standard InChI is InChI=1S/C15H22ClNO2S/c1-11-8-13(10-16)9-15(12(11)2)20(18,19)17(3)14-6-4-5-7-14/h8-9,14H,4-7,10H2,1-3H3. The molecule has 0 N–H and O–H groups in total. The van der Waals surface area contributed by atoms with Crippen molar-refractivity contribution < 1.29 is 8.42 Å². The van der Waals surface area contributed by atoms with Crippen LogP contribution >= 0.6 is 11.6 Å². The maximum absolute atomic E-state index is 12.8. The van der Waals surface area contributed by atoms with Crippen LogP contribution in [0.4, 0.5) is 0 Å². The zero-order chi connectivity index (χ0) is 14.9. The van der Waals surface area contributed by atoms with Gasteiger partial charge in [0.2, 0.25) is 10.0 Å². The SMILES string of the molecule is Cc1cc(CCl)cc(S(=O)(=O)N(C)C2CCCC2)c1C. The van der Waals surface area contributed by atoms with Crippen molar-refractivity contribution in [3.05, 3.63) is 28.8 Å². The molecule has 1 aromatic carbocycles. The lowest BCUT2D eigenvalue weighted by Gasteiger charge is -2.25. The molecule has 1 aromatic rings. The van der Waals surface area contributed by atoms with Crippen LogP contribution < -0.4 is 0 Å². The van der Waals surface area contributed by atoms with Crippen molar-refractivity contribution in [3.63, 3.8) is 0 Å². The van der Waals surface area contributed by atoms with Gasteiger partial charge in [0.05, 0.1) is 4.90 Å². The Bertz CT molecular complexity index is 592. The van der Waals surface area contributed by atoms with Crippen molar-refractivity contribution in [1.82, 2.24) is 4.31 Å². The molecule has 1 saturated carbocycles. The first-order valence-corrected chi connectivity index (χ1v) is 8.99. The Hall–Kier alpha value is -0.580. The molecule has 0 atom stereocenters. The zero-order valence-corrected chi connectivity index (χ0v) is 13.9. The van der Waals surface area contributed by atoms with Gasteiger partial charge in [0.25, 0.3) is 0 Å². The summed E-state index contributed by atoms with van der Waals surface area (Å²) in [6.07, 6.45) is 4.15. The normalized spacial score (nSPS) is 17.1. The van der Waals surface area contributed by atoms with Crippen LogP contribution in [0, 0.1) is 13.8 Å². The molecule has 0 spiro atoms. The van der Waals surface area contributed by atoms with Crippen molar-refractivity contribution in [2.45, 2.75) is 56.3 Å². The minimum atomic E-state index is -3.43. The third-order valence-electron chi connectivity index (χ3n) is 4.33. The number of alkyl halides is 1. The van der Waals surface area contributed by atoms with Crippen LogP contribution in [0.25, 0.3) is 0 Å². The summed E-state index contributed by atoms with van der Waals surface area (Å²) in [6, 6.07) is 3.81. The number of aryl methyl sites for hydroxylation is 1. The van der Waals surface area contributed by atoms with E-state index in [0.717, 1.165) is 42.4 Å². The number of hydrogen-bond donors (Lipinski definition) is 0. The maximum Gasteiger partial charge on any atom is 0.243 e. The lowest BCUT2D eigenvalue weighted by Crippen LogP contribution is -2.35. The lowest BCUT2D eigenvalue weighted by atomic mass is 10.1. The molecule has 1 aliphatic rings. The minimum absolute atomic E-state index is 0.138. The number of rotatable bonds is 4. The molecule has 112 valence electrons. The van der Waals surface area contributed by atoms with Crippen LogP contribution in [0.5, 0.6) is 0 Å². The van der Waals surface area contributed by atoms with E-state index < -0.39 is 10.0 Å². The van der Waals surface area contributed by atoms with Gasteiger partial charge in [-0.25, -0.2) is 8.42 Å². The van der Waals surface area contributed by atoms with Crippen LogP contribution in [0.15, 0.2) is 17.0 Å². The van der Waals surface area contributed by atoms with Crippen molar-refractivity contribution in [3.8, 4) is 0 Å². The molecule has 20 heavy (non-hydrogen) atoms. The van der Waals surface area contributed by atoms with Gasteiger partial charge in [-0.15, -0.1) is 11.6 Å². The molecule has 1 fully saturated rings. The summed E-state index contributed by atoms with van der Waals surface area (Å²) in [5.41, 5.74) is 2.65. The van der Waals surface area contributed by atoms with Gasteiger partial charge in [-0.3, -0.25) is 0 Å². The Morgan fingerprint density at radius 3 is 2.40 bits per heavy atom. The molecule has 0 saturated heterocycles. The number of halogens is 1. The molecule has 5 heteroatoms. The van der Waals surface area contributed by atoms with Gasteiger partial charge in [0.1, 0.15) is 0 Å². The number of hydrogen-bond acceptors (Lipinski definition) is 2. The lowest BCUT2D eigenvalue weighted by molar-refractivity contribution is 0.372. The van der Waals surface area contributed by atoms with Crippen LogP contribution in [0.2, 0.25) is 0 Å². The summed E-state index contributed by atoms with van der Waals surface area (Å²) < 4.78 is 27.2. The van der Waals surface area contributed by atoms with E-state index >= 15 is 0 Å². The quantitative estimate of drug-likeness (QED) is 0.796. The highest BCUT2D eigenvalue weighted by Gasteiger charge is 2.31. The smallest absolute Gasteiger partial charge is 0.207 e. The van der Waals surface area contributed by atoms with E-state index in [1.807, 2.05) is 19.9 Å². The summed E-state index contributed by atoms with van der Waals surface area (Å²) in [6.45, 7) is 3.79. The third-order valence-corrected chi connectivity index (χ3v) is 6.67. The van der Waals surface area contributed by atoms with E-state index in [2.05, 4.69) is 0 Å². The van der Waals surface area contributed by atoms with Gasteiger partial charge in [-0.1, -0.05) is 18.9 Å². The fourth-order valence-corrected chi connectivity index (χ4v) is 4.78. The largest absolute Gasteiger partial charge is 0.243 e. The molecule has 0 bridgehead atoms. The predicted octanol–water partition coefficient (Wildman–Crippen LogP) is 3.61. The zero-order valence-electron chi connectivity index (χ0n) is 12.3. The van der Waals surface area contributed by atoms with Crippen LogP contribution in [-0.4, -0.2) is 25.8 Å². The van der Waals surface area contributed by atoms with E-state index in [-0.39, 0.29) is 6.04 Å². The average molecular weight is 316 g/mol. The second kappa shape index (κ2) is 6.04. The third kappa shape index (κ3) is 2.87. The Balaban J connectivity index is 2.45. The molecule has 0 radical (unpaired) electrons. The first kappa shape index (κ1) is 15.8. The maximum atomic E-state index is 12.8. The molecule has 1 aliphatic carbocycles. The van der Waals surface area contributed by atoms with Crippen molar-refractivity contribution in [2.24, 2.45) is 0 Å². The minimum Gasteiger partial charge on any atom is -0.207 e. The second-order valence-electron chi connectivity index (χ2n) is 5.63. The first-order valence-electron chi connectivity index (χ1n) is 7.02. The molecule has 0 aliphatic heterocycles. The van der Waals surface area contributed by atoms with E-state index in [1.54, 1.807) is 17.4 Å². The number of benzene rings is 1. The molecule has 2 rings (SSSR count). The van der Waals surface area contributed by atoms with E-state index in [0.29, 0.717) is 10.8 Å². The van der Waals surface area contributed by atoms with Gasteiger partial charge in [0, 0.05) is 19.0 Å². The molecule has 0 amide bonds. The van der Waals surface area contributed by atoms with Gasteiger partial charge >= 0.3 is 0 Å². The predicted molar refractivity (Wildman–Crippen MR) is 82.7 cm³/mol. The van der Waals surface area contributed by atoms with Crippen LogP contribution in [0.3, 0.4) is 0 Å². The van der Waals surface area contributed by atoms with E-state index in [9.17, 15) is 8.42 Å². The summed E-state index contributed by atoms with van der Waals surface area (Å²) in [7, 11) is -1.73. The van der Waals surface area contributed by atoms with Crippen LogP contribution in [0.1, 0.15) is 42.4 Å². The van der Waals surface area contributed by atoms with Gasteiger partial charge in [0.15, 0.2) is 0 Å². The topological polar surface area (TPSA) is 37.4 Å². The van der Waals surface area contributed by atoms with Gasteiger partial charge < -0.3 is 0 Å². The average Bonchev–Trinajstić information content (AvgIpc) is 2.94. The monoisotopic (exact) mass is 315 g/mol. The summed E-state index contributed by atoms with van der Waals surface area (Å²) >= 11 is 5.87. The highest BCUT2D eigenvalue weighted by molar-refractivity contribution is 7.89. The van der Waals surface area contributed by atoms with Crippen molar-refractivity contribution in [2.75, 3.05) is 7.05 Å². The fraction of sp³-hybridized carbons (Fsp3) is 0.600. The molecular weight excluding hydrogens is 294 g/mol. The molecule has 3 nitrogen and oxygen atoms in total. The Morgan fingerprint density at radius 1 is 1.25 bits per heavy atom. The van der Waals surface area contributed by atoms with E-state index in [1.165, 1.54) is 0 Å². The molecular formula is C15H22ClNO2S. The molecule has 0 heterocycles. The highest BCUT2D eigenvalue weighted by atomic mass is 35.5. The Kier molecular flexibility index (Phi) is 4.77. The van der Waals surface area contributed by atoms with Gasteiger partial charge in [-0.2, -0.15) is 4.31 Å². The van der Waals surface area contributed by atoms with Crippen molar-refractivity contribution in [1.29, 1.82) is 0 Å². The Morgan fingerprint density at radius 2 is 1.85 bits per heavy atom. The molecule has 0 unspecified atom stereocenters. The van der Waals surface area contributed by atoms with E-state index in [4.69, 9.17) is 11.6 Å². The summed E-state index contributed by atoms with van der Waals surface area (Å²) in [5.74, 6) is 0.330. The summed E-state index contributed by atoms with van der Waals surface area (Å²) in [5, 5.41) is 0. The Labute approximate surface area is 127 Å². The van der Waals surface area contributed by atoms with Crippen LogP contribution in [-0.2, 0) is 15.9 Å². The summed E-state index contributed by atoms with van der Waals surface area (Å²) in [4.78, 5) is 0.405. The highest BCUT2D eigenvalue weighted by Crippen LogP contribution is 2.30. The van der Waals surface area contributed by atoms with Crippen molar-refractivity contribution >= 4 is 21.6 Å². The number of nitrogens with zero attached hydrogens (tertiary/aromatic N) is 1. The number of sulfonamides is 1. The fourth-order valence-electron chi connectivity index (χ4n) is 2.86. The molecule has 0 aromatic heterocycles. The van der Waals surface area contributed by atoms with Gasteiger partial charge in [-0.05, 0) is 49.4 Å². The second-order valence-corrected chi connectivity index (χ2v) is 7.86. The first-order chi connectivity index (χ1) is 9.37.